The van der Waals surface area contributed by atoms with Crippen molar-refractivity contribution in [1.82, 2.24) is 25.1 Å². The van der Waals surface area contributed by atoms with Crippen LogP contribution in [0.2, 0.25) is 0 Å². The molecule has 0 aliphatic heterocycles. The second-order valence-corrected chi connectivity index (χ2v) is 8.28. The number of amides is 1. The Balaban J connectivity index is 1.37. The number of H-pyrrole nitrogens is 1. The summed E-state index contributed by atoms with van der Waals surface area (Å²) in [6.45, 7) is 7.93. The molecule has 172 valence electrons. The first-order valence-electron chi connectivity index (χ1n) is 11.1. The monoisotopic (exact) mass is 457 g/mol. The Morgan fingerprint density at radius 3 is 2.82 bits per heavy atom. The number of fused-ring (bicyclic) bond motifs is 1. The Morgan fingerprint density at radius 1 is 1.24 bits per heavy atom. The molecule has 1 aliphatic rings. The van der Waals surface area contributed by atoms with Crippen molar-refractivity contribution in [1.29, 1.82) is 0 Å². The van der Waals surface area contributed by atoms with Gasteiger partial charge in [-0.15, -0.1) is 0 Å². The zero-order valence-electron chi connectivity index (χ0n) is 18.3. The molecule has 10 heteroatoms. The summed E-state index contributed by atoms with van der Waals surface area (Å²) in [5.41, 5.74) is 2.14. The van der Waals surface area contributed by atoms with E-state index in [9.17, 15) is 9.59 Å². The molecule has 5 rings (SSSR count). The fourth-order valence-corrected chi connectivity index (χ4v) is 4.41. The standard InChI is InChI=1S/C24H23N7O3/c1-25-17-4-2-3-5-18(17)31-19-10-11-27-24(33)21(19)22(30-31)29-16-8-6-15(7-9-16)12-28-23(32)20-13-26-14-34-20/h6-11,13-14,17-18H,2-5,12H2,(H,27,33)(H,28,32)(H,29,30)/t17-,18-/m0/s1. The molecule has 0 spiro atoms. The maximum absolute atomic E-state index is 12.7. The van der Waals surface area contributed by atoms with E-state index in [1.165, 1.54) is 12.6 Å². The maximum atomic E-state index is 12.7. The van der Waals surface area contributed by atoms with E-state index in [4.69, 9.17) is 16.1 Å². The number of anilines is 2. The van der Waals surface area contributed by atoms with Gasteiger partial charge in [0.2, 0.25) is 11.8 Å². The van der Waals surface area contributed by atoms with Crippen molar-refractivity contribution in [2.75, 3.05) is 5.32 Å². The number of aromatic amines is 1. The summed E-state index contributed by atoms with van der Waals surface area (Å²) in [5, 5.41) is 11.2. The molecule has 34 heavy (non-hydrogen) atoms. The van der Waals surface area contributed by atoms with Crippen molar-refractivity contribution in [3.8, 4) is 0 Å². The third-order valence-corrected chi connectivity index (χ3v) is 6.13. The van der Waals surface area contributed by atoms with Gasteiger partial charge in [-0.3, -0.25) is 14.3 Å². The number of hydrogen-bond acceptors (Lipinski definition) is 6. The third kappa shape index (κ3) is 4.15. The summed E-state index contributed by atoms with van der Waals surface area (Å²) in [5.74, 6) is 0.276. The van der Waals surface area contributed by atoms with E-state index in [1.807, 2.05) is 35.0 Å². The fourth-order valence-electron chi connectivity index (χ4n) is 4.41. The minimum Gasteiger partial charge on any atom is -0.438 e. The quantitative estimate of drug-likeness (QED) is 0.379. The van der Waals surface area contributed by atoms with E-state index < -0.39 is 0 Å². The number of oxazole rings is 1. The van der Waals surface area contributed by atoms with Gasteiger partial charge in [0.05, 0.1) is 11.7 Å². The summed E-state index contributed by atoms with van der Waals surface area (Å²) < 4.78 is 6.84. The Bertz CT molecular complexity index is 1400. The van der Waals surface area contributed by atoms with Crippen LogP contribution >= 0.6 is 0 Å². The van der Waals surface area contributed by atoms with Crippen molar-refractivity contribution in [3.63, 3.8) is 0 Å². The van der Waals surface area contributed by atoms with Gasteiger partial charge in [0, 0.05) is 24.8 Å². The van der Waals surface area contributed by atoms with E-state index in [0.717, 1.165) is 42.5 Å². The lowest BCUT2D eigenvalue weighted by molar-refractivity contribution is 0.0923. The largest absolute Gasteiger partial charge is 0.438 e. The molecule has 3 heterocycles. The van der Waals surface area contributed by atoms with Gasteiger partial charge in [-0.25, -0.2) is 11.6 Å². The van der Waals surface area contributed by atoms with E-state index >= 15 is 0 Å². The lowest BCUT2D eigenvalue weighted by Crippen LogP contribution is -2.26. The number of nitrogens with one attached hydrogen (secondary N) is 3. The predicted molar refractivity (Wildman–Crippen MR) is 126 cm³/mol. The second kappa shape index (κ2) is 9.23. The molecule has 0 saturated heterocycles. The van der Waals surface area contributed by atoms with Gasteiger partial charge in [0.1, 0.15) is 11.4 Å². The molecule has 0 bridgehead atoms. The topological polar surface area (TPSA) is 122 Å². The van der Waals surface area contributed by atoms with Gasteiger partial charge in [0.25, 0.3) is 11.5 Å². The minimum atomic E-state index is -0.337. The first-order valence-corrected chi connectivity index (χ1v) is 11.1. The average molecular weight is 457 g/mol. The van der Waals surface area contributed by atoms with Crippen molar-refractivity contribution in [2.24, 2.45) is 0 Å². The first kappa shape index (κ1) is 21.5. The fraction of sp³-hybridized carbons (Fsp3) is 0.292. The lowest BCUT2D eigenvalue weighted by Gasteiger charge is -2.24. The molecule has 1 saturated carbocycles. The smallest absolute Gasteiger partial charge is 0.288 e. The van der Waals surface area contributed by atoms with E-state index in [0.29, 0.717) is 17.7 Å². The Hall–Kier alpha value is -4.39. The zero-order valence-corrected chi connectivity index (χ0v) is 18.3. The molecule has 0 radical (unpaired) electrons. The van der Waals surface area contributed by atoms with Gasteiger partial charge < -0.3 is 24.9 Å². The van der Waals surface area contributed by atoms with Gasteiger partial charge in [0.15, 0.2) is 12.2 Å². The van der Waals surface area contributed by atoms with Crippen LogP contribution in [0.3, 0.4) is 0 Å². The summed E-state index contributed by atoms with van der Waals surface area (Å²) in [6, 6.07) is 9.12. The Kier molecular flexibility index (Phi) is 5.82. The number of hydrogen-bond donors (Lipinski definition) is 3. The highest BCUT2D eigenvalue weighted by atomic mass is 16.3. The Morgan fingerprint density at radius 2 is 2.06 bits per heavy atom. The molecular weight excluding hydrogens is 434 g/mol. The highest BCUT2D eigenvalue weighted by Crippen LogP contribution is 2.34. The zero-order chi connectivity index (χ0) is 23.5. The van der Waals surface area contributed by atoms with Crippen molar-refractivity contribution < 1.29 is 9.21 Å². The lowest BCUT2D eigenvalue weighted by atomic mass is 9.91. The summed E-state index contributed by atoms with van der Waals surface area (Å²) in [7, 11) is 0. The molecule has 3 aromatic heterocycles. The number of aromatic nitrogens is 4. The van der Waals surface area contributed by atoms with Gasteiger partial charge in [-0.05, 0) is 36.6 Å². The third-order valence-electron chi connectivity index (χ3n) is 6.13. The Labute approximate surface area is 194 Å². The molecule has 1 fully saturated rings. The molecular formula is C24H23N7O3. The van der Waals surface area contributed by atoms with Gasteiger partial charge in [-0.2, -0.15) is 5.10 Å². The van der Waals surface area contributed by atoms with Gasteiger partial charge in [-0.1, -0.05) is 18.6 Å². The van der Waals surface area contributed by atoms with Crippen molar-refractivity contribution in [2.45, 2.75) is 44.3 Å². The molecule has 1 aliphatic carbocycles. The van der Waals surface area contributed by atoms with E-state index in [-0.39, 0.29) is 29.3 Å². The SMILES string of the molecule is [C-]#[N+][C@H]1CCCC[C@@H]1n1nc(Nc2ccc(CNC(=O)c3cnco3)cc2)c2c(=O)[nH]ccc21. The number of rotatable bonds is 6. The molecule has 10 nitrogen and oxygen atoms in total. The van der Waals surface area contributed by atoms with Crippen LogP contribution in [0.4, 0.5) is 11.5 Å². The normalized spacial score (nSPS) is 17.9. The van der Waals surface area contributed by atoms with Crippen LogP contribution < -0.4 is 16.2 Å². The second-order valence-electron chi connectivity index (χ2n) is 8.28. The highest BCUT2D eigenvalue weighted by molar-refractivity contribution is 5.91. The average Bonchev–Trinajstić information content (AvgIpc) is 3.53. The molecule has 0 unspecified atom stereocenters. The van der Waals surface area contributed by atoms with Crippen LogP contribution in [-0.2, 0) is 6.54 Å². The summed E-state index contributed by atoms with van der Waals surface area (Å²) >= 11 is 0. The first-order chi connectivity index (χ1) is 16.6. The van der Waals surface area contributed by atoms with Crippen molar-refractivity contribution in [3.05, 3.63) is 82.2 Å². The summed E-state index contributed by atoms with van der Waals surface area (Å²) in [6.07, 6.45) is 7.98. The van der Waals surface area contributed by atoms with Crippen LogP contribution in [0.15, 0.2) is 58.3 Å². The molecule has 1 aromatic carbocycles. The van der Waals surface area contributed by atoms with Crippen LogP contribution in [0, 0.1) is 6.57 Å². The van der Waals surface area contributed by atoms with Crippen molar-refractivity contribution >= 4 is 28.3 Å². The summed E-state index contributed by atoms with van der Waals surface area (Å²) in [4.78, 5) is 35.0. The van der Waals surface area contributed by atoms with Gasteiger partial charge >= 0.3 is 0 Å². The molecule has 2 atom stereocenters. The molecule has 3 N–H and O–H groups in total. The van der Waals surface area contributed by atoms with E-state index in [1.54, 1.807) is 6.20 Å². The maximum Gasteiger partial charge on any atom is 0.288 e. The van der Waals surface area contributed by atoms with Crippen LogP contribution in [0.1, 0.15) is 47.8 Å². The number of carbonyl (C=O) groups is 1. The number of carbonyl (C=O) groups excluding carboxylic acids is 1. The van der Waals surface area contributed by atoms with Crippen LogP contribution in [0.25, 0.3) is 15.7 Å². The predicted octanol–water partition coefficient (Wildman–Crippen LogP) is 3.79. The molecule has 4 aromatic rings. The van der Waals surface area contributed by atoms with E-state index in [2.05, 4.69) is 25.4 Å². The number of nitrogens with zero attached hydrogens (tertiary/aromatic N) is 4. The number of benzene rings is 1. The highest BCUT2D eigenvalue weighted by Gasteiger charge is 2.33. The van der Waals surface area contributed by atoms with Crippen LogP contribution in [-0.4, -0.2) is 31.7 Å². The molecule has 1 amide bonds. The minimum absolute atomic E-state index is 0.0542. The van der Waals surface area contributed by atoms with Crippen LogP contribution in [0.5, 0.6) is 0 Å². The number of pyridine rings is 1.